The highest BCUT2D eigenvalue weighted by atomic mass is 16.3. The number of aliphatic hydroxyl groups excluding tert-OH is 1. The van der Waals surface area contributed by atoms with Crippen molar-refractivity contribution in [2.75, 3.05) is 0 Å². The van der Waals surface area contributed by atoms with E-state index in [-0.39, 0.29) is 18.2 Å². The van der Waals surface area contributed by atoms with Crippen LogP contribution in [0.3, 0.4) is 0 Å². The zero-order valence-corrected chi connectivity index (χ0v) is 18.9. The van der Waals surface area contributed by atoms with Crippen molar-refractivity contribution in [3.63, 3.8) is 0 Å². The molecule has 0 spiro atoms. The number of carbonyl (C=O) groups excluding carboxylic acids is 2. The number of nitrogens with one attached hydrogen (secondary N) is 3. The van der Waals surface area contributed by atoms with Gasteiger partial charge in [0, 0.05) is 34.9 Å². The fraction of sp³-hybridized carbons (Fsp3) is 0.500. The summed E-state index contributed by atoms with van der Waals surface area (Å²) in [7, 11) is 0. The van der Waals surface area contributed by atoms with Crippen LogP contribution in [0.25, 0.3) is 10.9 Å². The lowest BCUT2D eigenvalue weighted by Gasteiger charge is -2.29. The van der Waals surface area contributed by atoms with Crippen LogP contribution in [0.2, 0.25) is 0 Å². The molecule has 1 aliphatic rings. The van der Waals surface area contributed by atoms with Crippen molar-refractivity contribution in [3.05, 3.63) is 47.7 Å². The number of allylic oxidation sites excluding steroid dienone is 1. The van der Waals surface area contributed by atoms with E-state index in [2.05, 4.69) is 22.2 Å². The Morgan fingerprint density at radius 3 is 2.45 bits per heavy atom. The highest BCUT2D eigenvalue weighted by Gasteiger charge is 2.34. The minimum atomic E-state index is -1.23. The molecule has 168 valence electrons. The SMILES string of the molecule is C=CC(C)(C)c1[nH]c2c(C[C@H](O)C(C)(C)O)cccc2c1C[C@@H]1NC(=O)[C@H](C)NC1=O. The number of carbonyl (C=O) groups is 2. The quantitative estimate of drug-likeness (QED) is 0.434. The summed E-state index contributed by atoms with van der Waals surface area (Å²) < 4.78 is 0. The van der Waals surface area contributed by atoms with E-state index in [9.17, 15) is 19.8 Å². The number of hydrogen-bond donors (Lipinski definition) is 5. The van der Waals surface area contributed by atoms with Crippen LogP contribution in [-0.4, -0.2) is 50.8 Å². The van der Waals surface area contributed by atoms with Gasteiger partial charge in [-0.2, -0.15) is 0 Å². The average Bonchev–Trinajstić information content (AvgIpc) is 3.05. The van der Waals surface area contributed by atoms with Crippen molar-refractivity contribution in [2.24, 2.45) is 0 Å². The molecular formula is C24H33N3O4. The smallest absolute Gasteiger partial charge is 0.243 e. The maximum Gasteiger partial charge on any atom is 0.243 e. The first kappa shape index (κ1) is 23.0. The summed E-state index contributed by atoms with van der Waals surface area (Å²) in [5.41, 5.74) is 1.90. The average molecular weight is 428 g/mol. The Morgan fingerprint density at radius 2 is 1.84 bits per heavy atom. The van der Waals surface area contributed by atoms with Crippen LogP contribution < -0.4 is 10.6 Å². The number of aliphatic hydroxyl groups is 2. The summed E-state index contributed by atoms with van der Waals surface area (Å²) in [6.45, 7) is 12.8. The molecule has 2 amide bonds. The molecule has 3 rings (SSSR count). The van der Waals surface area contributed by atoms with E-state index in [4.69, 9.17) is 0 Å². The standard InChI is InChI=1S/C24H33N3O4/c1-7-23(3,4)20-16(12-17-22(30)25-13(2)21(29)26-17)15-10-8-9-14(19(15)27-20)11-18(28)24(5,6)31/h7-10,13,17-18,27-28,31H,1,11-12H2,2-6H3,(H,25,30)(H,26,29)/t13-,17-,18-/m0/s1. The van der Waals surface area contributed by atoms with Gasteiger partial charge in [0.2, 0.25) is 11.8 Å². The molecule has 7 nitrogen and oxygen atoms in total. The fourth-order valence-corrected chi connectivity index (χ4v) is 3.92. The van der Waals surface area contributed by atoms with Gasteiger partial charge in [0.1, 0.15) is 12.1 Å². The first-order valence-corrected chi connectivity index (χ1v) is 10.6. The highest BCUT2D eigenvalue weighted by Crippen LogP contribution is 2.35. The van der Waals surface area contributed by atoms with Gasteiger partial charge in [0.25, 0.3) is 0 Å². The molecule has 0 aliphatic carbocycles. The number of aromatic amines is 1. The maximum absolute atomic E-state index is 12.5. The van der Waals surface area contributed by atoms with E-state index in [1.807, 2.05) is 38.1 Å². The highest BCUT2D eigenvalue weighted by molar-refractivity contribution is 5.97. The third-order valence-corrected chi connectivity index (χ3v) is 6.20. The van der Waals surface area contributed by atoms with Gasteiger partial charge in [0.05, 0.1) is 11.7 Å². The molecule has 1 aromatic heterocycles. The molecule has 1 aliphatic heterocycles. The number of rotatable bonds is 7. The minimum Gasteiger partial charge on any atom is -0.390 e. The van der Waals surface area contributed by atoms with Gasteiger partial charge in [-0.1, -0.05) is 38.1 Å². The van der Waals surface area contributed by atoms with Gasteiger partial charge < -0.3 is 25.8 Å². The van der Waals surface area contributed by atoms with E-state index < -0.39 is 29.2 Å². The van der Waals surface area contributed by atoms with Crippen LogP contribution in [-0.2, 0) is 27.8 Å². The van der Waals surface area contributed by atoms with Crippen molar-refractivity contribution >= 4 is 22.7 Å². The fourth-order valence-electron chi connectivity index (χ4n) is 3.92. The molecule has 2 heterocycles. The van der Waals surface area contributed by atoms with Gasteiger partial charge >= 0.3 is 0 Å². The Kier molecular flexibility index (Phi) is 6.04. The van der Waals surface area contributed by atoms with E-state index in [0.717, 1.165) is 27.7 Å². The Balaban J connectivity index is 2.10. The van der Waals surface area contributed by atoms with Gasteiger partial charge in [-0.15, -0.1) is 6.58 Å². The monoisotopic (exact) mass is 427 g/mol. The predicted molar refractivity (Wildman–Crippen MR) is 121 cm³/mol. The summed E-state index contributed by atoms with van der Waals surface area (Å²) in [5.74, 6) is -0.416. The molecule has 1 fully saturated rings. The Morgan fingerprint density at radius 1 is 1.16 bits per heavy atom. The number of benzene rings is 1. The molecular weight excluding hydrogens is 394 g/mol. The normalized spacial score (nSPS) is 21.0. The van der Waals surface area contributed by atoms with Crippen LogP contribution in [0.4, 0.5) is 0 Å². The molecule has 31 heavy (non-hydrogen) atoms. The number of aromatic nitrogens is 1. The van der Waals surface area contributed by atoms with Crippen LogP contribution >= 0.6 is 0 Å². The summed E-state index contributed by atoms with van der Waals surface area (Å²) in [5, 5.41) is 27.1. The van der Waals surface area contributed by atoms with Crippen molar-refractivity contribution in [1.29, 1.82) is 0 Å². The first-order valence-electron chi connectivity index (χ1n) is 10.6. The van der Waals surface area contributed by atoms with Crippen molar-refractivity contribution in [3.8, 4) is 0 Å². The lowest BCUT2D eigenvalue weighted by Crippen LogP contribution is -2.61. The zero-order valence-electron chi connectivity index (χ0n) is 18.9. The number of H-pyrrole nitrogens is 1. The summed E-state index contributed by atoms with van der Waals surface area (Å²) in [6, 6.07) is 4.56. The Hall–Kier alpha value is -2.64. The molecule has 0 bridgehead atoms. The number of fused-ring (bicyclic) bond motifs is 1. The predicted octanol–water partition coefficient (Wildman–Crippen LogP) is 1.85. The molecule has 5 N–H and O–H groups in total. The van der Waals surface area contributed by atoms with E-state index in [1.54, 1.807) is 20.8 Å². The molecule has 7 heteroatoms. The van der Waals surface area contributed by atoms with Crippen molar-refractivity contribution in [1.82, 2.24) is 15.6 Å². The molecule has 0 saturated carbocycles. The molecule has 1 aromatic carbocycles. The molecule has 2 aromatic rings. The van der Waals surface area contributed by atoms with E-state index in [0.29, 0.717) is 6.42 Å². The second-order valence-electron chi connectivity index (χ2n) is 9.61. The number of hydrogen-bond acceptors (Lipinski definition) is 4. The third-order valence-electron chi connectivity index (χ3n) is 6.20. The Labute approximate surface area is 182 Å². The zero-order chi connectivity index (χ0) is 23.1. The number of para-hydroxylation sites is 1. The molecule has 3 atom stereocenters. The summed E-state index contributed by atoms with van der Waals surface area (Å²) in [6.07, 6.45) is 1.50. The van der Waals surface area contributed by atoms with Gasteiger partial charge in [-0.05, 0) is 31.9 Å². The van der Waals surface area contributed by atoms with Gasteiger partial charge in [-0.25, -0.2) is 0 Å². The largest absolute Gasteiger partial charge is 0.390 e. The van der Waals surface area contributed by atoms with Gasteiger partial charge in [0.15, 0.2) is 0 Å². The summed E-state index contributed by atoms with van der Waals surface area (Å²) >= 11 is 0. The molecule has 0 unspecified atom stereocenters. The summed E-state index contributed by atoms with van der Waals surface area (Å²) in [4.78, 5) is 28.2. The van der Waals surface area contributed by atoms with Crippen molar-refractivity contribution < 1.29 is 19.8 Å². The minimum absolute atomic E-state index is 0.206. The lowest BCUT2D eigenvalue weighted by atomic mass is 9.84. The topological polar surface area (TPSA) is 114 Å². The number of amides is 2. The second kappa shape index (κ2) is 8.13. The van der Waals surface area contributed by atoms with Crippen molar-refractivity contribution in [2.45, 2.75) is 76.7 Å². The maximum atomic E-state index is 12.5. The first-order chi connectivity index (χ1) is 14.3. The molecule has 0 radical (unpaired) electrons. The third kappa shape index (κ3) is 4.52. The number of piperazine rings is 1. The van der Waals surface area contributed by atoms with Crippen LogP contribution in [0.5, 0.6) is 0 Å². The second-order valence-corrected chi connectivity index (χ2v) is 9.61. The Bertz CT molecular complexity index is 1020. The van der Waals surface area contributed by atoms with Crippen LogP contribution in [0.1, 0.15) is 51.4 Å². The van der Waals surface area contributed by atoms with Crippen LogP contribution in [0, 0.1) is 0 Å². The lowest BCUT2D eigenvalue weighted by molar-refractivity contribution is -0.136. The van der Waals surface area contributed by atoms with E-state index >= 15 is 0 Å². The van der Waals surface area contributed by atoms with E-state index in [1.165, 1.54) is 0 Å². The molecule has 1 saturated heterocycles. The van der Waals surface area contributed by atoms with Crippen LogP contribution in [0.15, 0.2) is 30.9 Å². The van der Waals surface area contributed by atoms with Gasteiger partial charge in [-0.3, -0.25) is 9.59 Å².